The summed E-state index contributed by atoms with van der Waals surface area (Å²) in [5.74, 6) is -0.450. The van der Waals surface area contributed by atoms with Crippen molar-refractivity contribution in [3.8, 4) is 0 Å². The van der Waals surface area contributed by atoms with Crippen LogP contribution in [0, 0.1) is 11.8 Å². The lowest BCUT2D eigenvalue weighted by Crippen LogP contribution is -2.51. The van der Waals surface area contributed by atoms with E-state index in [1.165, 1.54) is 6.42 Å². The van der Waals surface area contributed by atoms with Gasteiger partial charge in [-0.15, -0.1) is 0 Å². The molecule has 0 bridgehead atoms. The zero-order valence-corrected chi connectivity index (χ0v) is 10.4. The van der Waals surface area contributed by atoms with Crippen LogP contribution in [0.2, 0.25) is 0 Å². The largest absolute Gasteiger partial charge is 0.481 e. The van der Waals surface area contributed by atoms with Crippen LogP contribution < -0.4 is 0 Å². The third-order valence-electron chi connectivity index (χ3n) is 4.26. The third kappa shape index (κ3) is 2.61. The Labute approximate surface area is 102 Å². The first-order valence-electron chi connectivity index (χ1n) is 6.62. The van der Waals surface area contributed by atoms with Crippen LogP contribution in [0.1, 0.15) is 45.4 Å². The number of aliphatic carboxylic acids is 1. The van der Waals surface area contributed by atoms with E-state index in [4.69, 9.17) is 5.11 Å². The van der Waals surface area contributed by atoms with Crippen LogP contribution in [-0.2, 0) is 9.59 Å². The fraction of sp³-hybridized carbons (Fsp3) is 0.846. The second-order valence-corrected chi connectivity index (χ2v) is 5.45. The molecule has 1 amide bonds. The van der Waals surface area contributed by atoms with Gasteiger partial charge in [-0.3, -0.25) is 9.59 Å². The van der Waals surface area contributed by atoms with E-state index in [-0.39, 0.29) is 17.9 Å². The summed E-state index contributed by atoms with van der Waals surface area (Å²) in [6.45, 7) is 2.60. The number of carboxylic acid groups (broad SMARTS) is 1. The van der Waals surface area contributed by atoms with Gasteiger partial charge in [0, 0.05) is 19.0 Å². The molecular weight excluding hydrogens is 218 g/mol. The average Bonchev–Trinajstić information content (AvgIpc) is 2.30. The fourth-order valence-corrected chi connectivity index (χ4v) is 3.15. The van der Waals surface area contributed by atoms with Crippen molar-refractivity contribution in [2.24, 2.45) is 11.8 Å². The lowest BCUT2D eigenvalue weighted by molar-refractivity contribution is -0.149. The number of carboxylic acids is 1. The summed E-state index contributed by atoms with van der Waals surface area (Å²) in [5.41, 5.74) is 0. The monoisotopic (exact) mass is 239 g/mol. The molecule has 3 unspecified atom stereocenters. The lowest BCUT2D eigenvalue weighted by Gasteiger charge is -2.42. The number of carbonyl (C=O) groups excluding carboxylic acids is 1. The second-order valence-electron chi connectivity index (χ2n) is 5.45. The van der Waals surface area contributed by atoms with Gasteiger partial charge in [0.2, 0.25) is 5.91 Å². The van der Waals surface area contributed by atoms with Crippen LogP contribution in [0.25, 0.3) is 0 Å². The molecule has 17 heavy (non-hydrogen) atoms. The van der Waals surface area contributed by atoms with E-state index in [0.717, 1.165) is 19.3 Å². The Morgan fingerprint density at radius 1 is 1.29 bits per heavy atom. The smallest absolute Gasteiger partial charge is 0.308 e. The van der Waals surface area contributed by atoms with Crippen LogP contribution >= 0.6 is 0 Å². The summed E-state index contributed by atoms with van der Waals surface area (Å²) < 4.78 is 0. The molecule has 3 atom stereocenters. The second kappa shape index (κ2) is 5.07. The Hall–Kier alpha value is -1.06. The summed E-state index contributed by atoms with van der Waals surface area (Å²) >= 11 is 0. The molecule has 96 valence electrons. The maximum absolute atomic E-state index is 11.9. The highest BCUT2D eigenvalue weighted by Gasteiger charge is 2.36. The fourth-order valence-electron chi connectivity index (χ4n) is 3.15. The van der Waals surface area contributed by atoms with Crippen LogP contribution in [0.5, 0.6) is 0 Å². The Balaban J connectivity index is 2.06. The van der Waals surface area contributed by atoms with Gasteiger partial charge in [0.25, 0.3) is 0 Å². The first-order valence-corrected chi connectivity index (χ1v) is 6.62. The molecular formula is C13H21NO3. The summed E-state index contributed by atoms with van der Waals surface area (Å²) in [7, 11) is 0. The average molecular weight is 239 g/mol. The number of nitrogens with zero attached hydrogens (tertiary/aromatic N) is 1. The minimum atomic E-state index is -0.758. The van der Waals surface area contributed by atoms with Gasteiger partial charge in [0.1, 0.15) is 0 Å². The van der Waals surface area contributed by atoms with Gasteiger partial charge < -0.3 is 10.0 Å². The van der Waals surface area contributed by atoms with E-state index in [0.29, 0.717) is 25.3 Å². The zero-order chi connectivity index (χ0) is 12.4. The number of carbonyl (C=O) groups is 2. The highest BCUT2D eigenvalue weighted by molar-refractivity contribution is 5.80. The van der Waals surface area contributed by atoms with Crippen molar-refractivity contribution in [1.29, 1.82) is 0 Å². The number of piperidine rings is 1. The van der Waals surface area contributed by atoms with E-state index in [9.17, 15) is 9.59 Å². The molecule has 0 aromatic rings. The van der Waals surface area contributed by atoms with Gasteiger partial charge >= 0.3 is 5.97 Å². The van der Waals surface area contributed by atoms with E-state index in [1.54, 1.807) is 0 Å². The van der Waals surface area contributed by atoms with Crippen molar-refractivity contribution in [2.75, 3.05) is 6.54 Å². The SMILES string of the molecule is CC1CCCCC1N1CC(C(=O)O)CCC1=O. The number of hydrogen-bond donors (Lipinski definition) is 1. The normalized spacial score (nSPS) is 34.8. The van der Waals surface area contributed by atoms with Gasteiger partial charge in [-0.2, -0.15) is 0 Å². The third-order valence-corrected chi connectivity index (χ3v) is 4.26. The topological polar surface area (TPSA) is 57.6 Å². The quantitative estimate of drug-likeness (QED) is 0.800. The van der Waals surface area contributed by atoms with Crippen LogP contribution in [-0.4, -0.2) is 34.5 Å². The minimum absolute atomic E-state index is 0.154. The number of likely N-dealkylation sites (tertiary alicyclic amines) is 1. The van der Waals surface area contributed by atoms with Gasteiger partial charge in [-0.1, -0.05) is 19.8 Å². The first-order chi connectivity index (χ1) is 8.09. The summed E-state index contributed by atoms with van der Waals surface area (Å²) in [6, 6.07) is 0.276. The molecule has 1 saturated carbocycles. The molecule has 1 N–H and O–H groups in total. The van der Waals surface area contributed by atoms with Gasteiger partial charge in [0.15, 0.2) is 0 Å². The summed E-state index contributed by atoms with van der Waals surface area (Å²) in [4.78, 5) is 24.8. The van der Waals surface area contributed by atoms with Crippen LogP contribution in [0.4, 0.5) is 0 Å². The summed E-state index contributed by atoms with van der Waals surface area (Å²) in [6.07, 6.45) is 5.51. The zero-order valence-electron chi connectivity index (χ0n) is 10.4. The van der Waals surface area contributed by atoms with E-state index in [1.807, 2.05) is 4.90 Å². The minimum Gasteiger partial charge on any atom is -0.481 e. The number of rotatable bonds is 2. The van der Waals surface area contributed by atoms with Gasteiger partial charge in [-0.25, -0.2) is 0 Å². The predicted octanol–water partition coefficient (Wildman–Crippen LogP) is 1.89. The molecule has 0 spiro atoms. The molecule has 1 saturated heterocycles. The molecule has 0 radical (unpaired) electrons. The Kier molecular flexibility index (Phi) is 3.69. The highest BCUT2D eigenvalue weighted by atomic mass is 16.4. The maximum Gasteiger partial charge on any atom is 0.308 e. The van der Waals surface area contributed by atoms with Crippen molar-refractivity contribution in [2.45, 2.75) is 51.5 Å². The Morgan fingerprint density at radius 2 is 2.00 bits per heavy atom. The van der Waals surface area contributed by atoms with Crippen molar-refractivity contribution >= 4 is 11.9 Å². The number of hydrogen-bond acceptors (Lipinski definition) is 2. The molecule has 2 rings (SSSR count). The molecule has 2 aliphatic rings. The van der Waals surface area contributed by atoms with Gasteiger partial charge in [0.05, 0.1) is 5.92 Å². The van der Waals surface area contributed by atoms with E-state index in [2.05, 4.69) is 6.92 Å². The first kappa shape index (κ1) is 12.4. The Morgan fingerprint density at radius 3 is 2.65 bits per heavy atom. The van der Waals surface area contributed by atoms with Crippen molar-refractivity contribution in [3.63, 3.8) is 0 Å². The molecule has 4 nitrogen and oxygen atoms in total. The molecule has 0 aromatic heterocycles. The van der Waals surface area contributed by atoms with Crippen molar-refractivity contribution in [3.05, 3.63) is 0 Å². The van der Waals surface area contributed by atoms with Crippen molar-refractivity contribution < 1.29 is 14.7 Å². The molecule has 4 heteroatoms. The molecule has 1 aliphatic carbocycles. The highest BCUT2D eigenvalue weighted by Crippen LogP contribution is 2.31. The van der Waals surface area contributed by atoms with E-state index >= 15 is 0 Å². The molecule has 0 aromatic carbocycles. The Bertz CT molecular complexity index is 316. The molecule has 1 heterocycles. The standard InChI is InChI=1S/C13H21NO3/c1-9-4-2-3-5-11(9)14-8-10(13(16)17)6-7-12(14)15/h9-11H,2-8H2,1H3,(H,16,17). The molecule has 1 aliphatic heterocycles. The predicted molar refractivity (Wildman–Crippen MR) is 63.5 cm³/mol. The van der Waals surface area contributed by atoms with Gasteiger partial charge in [-0.05, 0) is 25.2 Å². The van der Waals surface area contributed by atoms with Crippen LogP contribution in [0.15, 0.2) is 0 Å². The lowest BCUT2D eigenvalue weighted by atomic mass is 9.83. The summed E-state index contributed by atoms with van der Waals surface area (Å²) in [5, 5.41) is 9.07. The molecule has 2 fully saturated rings. The number of amides is 1. The maximum atomic E-state index is 11.9. The van der Waals surface area contributed by atoms with Crippen LogP contribution in [0.3, 0.4) is 0 Å². The van der Waals surface area contributed by atoms with E-state index < -0.39 is 5.97 Å². The van der Waals surface area contributed by atoms with Crippen molar-refractivity contribution in [1.82, 2.24) is 4.90 Å².